The summed E-state index contributed by atoms with van der Waals surface area (Å²) in [6.07, 6.45) is 1.04. The fourth-order valence-corrected chi connectivity index (χ4v) is 4.21. The Labute approximate surface area is 183 Å². The van der Waals surface area contributed by atoms with Gasteiger partial charge in [0, 0.05) is 26.1 Å². The molecule has 0 fully saturated rings. The predicted molar refractivity (Wildman–Crippen MR) is 118 cm³/mol. The summed E-state index contributed by atoms with van der Waals surface area (Å²) in [5.41, 5.74) is 1.28. The maximum Gasteiger partial charge on any atom is 0.338 e. The van der Waals surface area contributed by atoms with Gasteiger partial charge in [0.1, 0.15) is 5.69 Å². The second-order valence-electron chi connectivity index (χ2n) is 8.90. The molecule has 1 unspecified atom stereocenters. The van der Waals surface area contributed by atoms with E-state index in [1.807, 2.05) is 13.1 Å². The first-order valence-corrected chi connectivity index (χ1v) is 13.1. The number of aryl methyl sites for hydroxylation is 4. The minimum atomic E-state index is -2.36. The van der Waals surface area contributed by atoms with E-state index in [1.54, 1.807) is 26.1 Å². The average Bonchev–Trinajstić information content (AvgIpc) is 2.95. The molecule has 0 spiro atoms. The molecule has 2 rings (SSSR count). The summed E-state index contributed by atoms with van der Waals surface area (Å²) in [6.45, 7) is 14.2. The Bertz CT molecular complexity index is 975. The van der Waals surface area contributed by atoms with E-state index < -0.39 is 20.4 Å². The smallest absolute Gasteiger partial charge is 0.338 e. The molecule has 0 bridgehead atoms. The molecule has 0 aromatic carbocycles. The van der Waals surface area contributed by atoms with Crippen LogP contribution in [-0.4, -0.2) is 30.9 Å². The molecule has 166 valence electrons. The van der Waals surface area contributed by atoms with Crippen LogP contribution in [0.1, 0.15) is 49.6 Å². The summed E-state index contributed by atoms with van der Waals surface area (Å²) in [5, 5.41) is 0.0873. The number of hydrogen-bond donors (Lipinski definition) is 0. The lowest BCUT2D eigenvalue weighted by molar-refractivity contribution is -0.149. The molecule has 0 N–H and O–H groups in total. The summed E-state index contributed by atoms with van der Waals surface area (Å²) in [6, 6.07) is 1.80. The second kappa shape index (κ2) is 9.07. The molecule has 1 atom stereocenters. The van der Waals surface area contributed by atoms with Gasteiger partial charge in [-0.2, -0.15) is 0 Å². The number of carbonyl (C=O) groups excluding carboxylic acids is 1. The number of aromatic nitrogens is 2. The van der Waals surface area contributed by atoms with Crippen LogP contribution in [-0.2, 0) is 26.9 Å². The molecule has 0 saturated heterocycles. The molecule has 2 heterocycles. The Balaban J connectivity index is 2.44. The van der Waals surface area contributed by atoms with Crippen molar-refractivity contribution in [1.29, 1.82) is 0 Å². The maximum absolute atomic E-state index is 13.3. The van der Waals surface area contributed by atoms with E-state index in [4.69, 9.17) is 25.2 Å². The van der Waals surface area contributed by atoms with Gasteiger partial charge in [0.2, 0.25) is 5.22 Å². The van der Waals surface area contributed by atoms with E-state index in [0.29, 0.717) is 35.7 Å². The zero-order chi connectivity index (χ0) is 22.9. The average molecular weight is 455 g/mol. The van der Waals surface area contributed by atoms with Gasteiger partial charge in [-0.05, 0) is 48.3 Å². The number of pyridine rings is 1. The van der Waals surface area contributed by atoms with Crippen LogP contribution in [0.2, 0.25) is 23.4 Å². The zero-order valence-corrected chi connectivity index (χ0v) is 20.7. The number of carbonyl (C=O) groups is 1. The Hall–Kier alpha value is -1.90. The molecule has 0 radical (unpaired) electrons. The van der Waals surface area contributed by atoms with Gasteiger partial charge in [-0.25, -0.2) is 9.78 Å². The van der Waals surface area contributed by atoms with Gasteiger partial charge in [0.25, 0.3) is 5.56 Å². The molecule has 2 aromatic heterocycles. The SMILES string of the molecule is COC(=O)C(O[Si](C)(C)C(C)(C)C)c1c(C)ccn(CCc2nc(C)oc2Cl)c1=O. The van der Waals surface area contributed by atoms with Gasteiger partial charge in [-0.1, -0.05) is 20.8 Å². The van der Waals surface area contributed by atoms with Crippen LogP contribution < -0.4 is 5.56 Å². The Morgan fingerprint density at radius 2 is 1.97 bits per heavy atom. The van der Waals surface area contributed by atoms with E-state index in [0.717, 1.165) is 0 Å². The van der Waals surface area contributed by atoms with E-state index in [2.05, 4.69) is 25.8 Å². The topological polar surface area (TPSA) is 83.6 Å². The fourth-order valence-electron chi connectivity index (χ4n) is 2.81. The van der Waals surface area contributed by atoms with Crippen LogP contribution in [0.3, 0.4) is 0 Å². The Kier molecular flexibility index (Phi) is 7.37. The third-order valence-electron chi connectivity index (χ3n) is 5.66. The minimum absolute atomic E-state index is 0.136. The van der Waals surface area contributed by atoms with Crippen molar-refractivity contribution in [2.75, 3.05) is 7.11 Å². The summed E-state index contributed by atoms with van der Waals surface area (Å²) in [7, 11) is -1.06. The second-order valence-corrected chi connectivity index (χ2v) is 14.0. The quantitative estimate of drug-likeness (QED) is 0.449. The maximum atomic E-state index is 13.3. The van der Waals surface area contributed by atoms with Crippen molar-refractivity contribution >= 4 is 25.9 Å². The monoisotopic (exact) mass is 454 g/mol. The fraction of sp³-hybridized carbons (Fsp3) is 0.571. The van der Waals surface area contributed by atoms with Crippen molar-refractivity contribution in [3.8, 4) is 0 Å². The molecular weight excluding hydrogens is 424 g/mol. The minimum Gasteiger partial charge on any atom is -0.467 e. The number of esters is 1. The lowest BCUT2D eigenvalue weighted by Gasteiger charge is -2.38. The zero-order valence-electron chi connectivity index (χ0n) is 19.0. The van der Waals surface area contributed by atoms with Crippen molar-refractivity contribution < 1.29 is 18.4 Å². The van der Waals surface area contributed by atoms with Crippen LogP contribution in [0, 0.1) is 13.8 Å². The molecule has 0 saturated carbocycles. The number of hydrogen-bond acceptors (Lipinski definition) is 6. The third kappa shape index (κ3) is 5.22. The first-order valence-electron chi connectivity index (χ1n) is 9.86. The lowest BCUT2D eigenvalue weighted by Crippen LogP contribution is -2.45. The van der Waals surface area contributed by atoms with Crippen LogP contribution >= 0.6 is 11.6 Å². The van der Waals surface area contributed by atoms with Crippen molar-refractivity contribution in [2.24, 2.45) is 0 Å². The van der Waals surface area contributed by atoms with Crippen LogP contribution in [0.25, 0.3) is 0 Å². The molecule has 0 aliphatic carbocycles. The molecule has 2 aromatic rings. The molecule has 9 heteroatoms. The highest BCUT2D eigenvalue weighted by molar-refractivity contribution is 6.74. The van der Waals surface area contributed by atoms with Crippen molar-refractivity contribution in [3.63, 3.8) is 0 Å². The van der Waals surface area contributed by atoms with Crippen LogP contribution in [0.5, 0.6) is 0 Å². The van der Waals surface area contributed by atoms with Gasteiger partial charge < -0.3 is 18.1 Å². The molecule has 7 nitrogen and oxygen atoms in total. The number of halogens is 1. The van der Waals surface area contributed by atoms with E-state index in [1.165, 1.54) is 11.7 Å². The third-order valence-corrected chi connectivity index (χ3v) is 10.4. The first kappa shape index (κ1) is 24.4. The number of nitrogens with zero attached hydrogens (tertiary/aromatic N) is 2. The van der Waals surface area contributed by atoms with Gasteiger partial charge in [0.15, 0.2) is 20.3 Å². The summed E-state index contributed by atoms with van der Waals surface area (Å²) in [4.78, 5) is 30.2. The number of oxazole rings is 1. The van der Waals surface area contributed by atoms with Gasteiger partial charge in [-0.3, -0.25) is 4.79 Å². The highest BCUT2D eigenvalue weighted by atomic mass is 35.5. The largest absolute Gasteiger partial charge is 0.467 e. The Morgan fingerprint density at radius 1 is 1.33 bits per heavy atom. The Morgan fingerprint density at radius 3 is 2.47 bits per heavy atom. The summed E-state index contributed by atoms with van der Waals surface area (Å²) in [5.74, 6) is -0.103. The summed E-state index contributed by atoms with van der Waals surface area (Å²) < 4.78 is 18.1. The number of rotatable bonds is 7. The normalized spacial score (nSPS) is 13.4. The van der Waals surface area contributed by atoms with E-state index in [9.17, 15) is 9.59 Å². The van der Waals surface area contributed by atoms with E-state index in [-0.39, 0.29) is 15.8 Å². The van der Waals surface area contributed by atoms with Gasteiger partial charge >= 0.3 is 5.97 Å². The highest BCUT2D eigenvalue weighted by Crippen LogP contribution is 2.40. The first-order chi connectivity index (χ1) is 13.8. The lowest BCUT2D eigenvalue weighted by atomic mass is 10.1. The predicted octanol–water partition coefficient (Wildman–Crippen LogP) is 4.59. The summed E-state index contributed by atoms with van der Waals surface area (Å²) >= 11 is 6.04. The number of methoxy groups -OCH3 is 1. The van der Waals surface area contributed by atoms with Crippen LogP contribution in [0.15, 0.2) is 21.5 Å². The standard InChI is InChI=1S/C21H31ClN2O5Si/c1-13-9-11-24(12-10-15-18(22)28-14(2)23-15)19(25)16(13)17(20(26)27-6)29-30(7,8)21(3,4)5/h9,11,17H,10,12H2,1-8H3. The number of ether oxygens (including phenoxy) is 1. The molecule has 0 amide bonds. The molecule has 0 aliphatic rings. The molecular formula is C21H31ClN2O5Si. The van der Waals surface area contributed by atoms with Gasteiger partial charge in [-0.15, -0.1) is 0 Å². The van der Waals surface area contributed by atoms with Crippen molar-refractivity contribution in [3.05, 3.63) is 50.5 Å². The molecule has 30 heavy (non-hydrogen) atoms. The van der Waals surface area contributed by atoms with Crippen LogP contribution in [0.4, 0.5) is 0 Å². The van der Waals surface area contributed by atoms with Crippen molar-refractivity contribution in [1.82, 2.24) is 9.55 Å². The highest BCUT2D eigenvalue weighted by Gasteiger charge is 2.42. The van der Waals surface area contributed by atoms with Gasteiger partial charge in [0.05, 0.1) is 12.7 Å². The van der Waals surface area contributed by atoms with E-state index >= 15 is 0 Å². The molecule has 0 aliphatic heterocycles. The van der Waals surface area contributed by atoms with Crippen molar-refractivity contribution in [2.45, 2.75) is 71.8 Å².